The summed E-state index contributed by atoms with van der Waals surface area (Å²) in [5.74, 6) is 0.781. The zero-order chi connectivity index (χ0) is 7.52. The molecule has 1 N–H and O–H groups in total. The van der Waals surface area contributed by atoms with Crippen LogP contribution >= 0.6 is 23.7 Å². The van der Waals surface area contributed by atoms with E-state index in [1.807, 2.05) is 11.7 Å². The van der Waals surface area contributed by atoms with Gasteiger partial charge < -0.3 is 5.32 Å². The van der Waals surface area contributed by atoms with Gasteiger partial charge in [-0.25, -0.2) is 0 Å². The van der Waals surface area contributed by atoms with Crippen molar-refractivity contribution in [2.75, 3.05) is 13.1 Å². The Hall–Kier alpha value is -0.120. The Bertz CT molecular complexity index is 207. The van der Waals surface area contributed by atoms with Crippen molar-refractivity contribution in [2.45, 2.75) is 18.8 Å². The molecule has 0 radical (unpaired) electrons. The fraction of sp³-hybridized carbons (Fsp3) is 0.625. The highest BCUT2D eigenvalue weighted by atomic mass is 35.5. The third-order valence-corrected chi connectivity index (χ3v) is 3.13. The van der Waals surface area contributed by atoms with Gasteiger partial charge in [-0.1, -0.05) is 0 Å². The van der Waals surface area contributed by atoms with Gasteiger partial charge in [0.1, 0.15) is 0 Å². The van der Waals surface area contributed by atoms with Crippen LogP contribution in [0.4, 0.5) is 0 Å². The molecule has 0 saturated carbocycles. The van der Waals surface area contributed by atoms with Crippen LogP contribution in [0.2, 0.25) is 0 Å². The predicted molar refractivity (Wildman–Crippen MR) is 54.2 cm³/mol. The van der Waals surface area contributed by atoms with E-state index in [1.54, 1.807) is 11.3 Å². The number of thiazole rings is 1. The third-order valence-electron chi connectivity index (χ3n) is 2.19. The van der Waals surface area contributed by atoms with Crippen LogP contribution < -0.4 is 5.32 Å². The quantitative estimate of drug-likeness (QED) is 0.758. The number of rotatable bonds is 1. The third kappa shape index (κ3) is 2.19. The molecule has 0 spiro atoms. The van der Waals surface area contributed by atoms with Gasteiger partial charge in [0, 0.05) is 11.1 Å². The van der Waals surface area contributed by atoms with Crippen molar-refractivity contribution in [3.05, 3.63) is 16.6 Å². The molecule has 1 aliphatic heterocycles. The maximum Gasteiger partial charge on any atom is 0.0794 e. The van der Waals surface area contributed by atoms with E-state index in [4.69, 9.17) is 0 Å². The number of nitrogens with zero attached hydrogens (tertiary/aromatic N) is 1. The summed E-state index contributed by atoms with van der Waals surface area (Å²) < 4.78 is 0. The van der Waals surface area contributed by atoms with E-state index >= 15 is 0 Å². The lowest BCUT2D eigenvalue weighted by Crippen LogP contribution is -2.26. The molecule has 68 valence electrons. The molecule has 0 bridgehead atoms. The molecule has 4 heteroatoms. The first-order valence-electron chi connectivity index (χ1n) is 4.06. The first-order valence-corrected chi connectivity index (χ1v) is 4.94. The summed E-state index contributed by atoms with van der Waals surface area (Å²) in [6.45, 7) is 2.34. The van der Waals surface area contributed by atoms with Crippen LogP contribution in [-0.2, 0) is 0 Å². The van der Waals surface area contributed by atoms with Gasteiger partial charge in [0.15, 0.2) is 0 Å². The van der Waals surface area contributed by atoms with Crippen LogP contribution in [0.1, 0.15) is 23.6 Å². The van der Waals surface area contributed by atoms with Crippen molar-refractivity contribution in [2.24, 2.45) is 0 Å². The molecule has 0 aliphatic carbocycles. The summed E-state index contributed by atoms with van der Waals surface area (Å²) >= 11 is 1.79. The summed E-state index contributed by atoms with van der Waals surface area (Å²) in [4.78, 5) is 5.56. The molecule has 0 amide bonds. The molecule has 1 saturated heterocycles. The minimum atomic E-state index is 0. The van der Waals surface area contributed by atoms with Crippen molar-refractivity contribution in [3.8, 4) is 0 Å². The summed E-state index contributed by atoms with van der Waals surface area (Å²) in [7, 11) is 0. The highest BCUT2D eigenvalue weighted by Crippen LogP contribution is 2.27. The van der Waals surface area contributed by atoms with E-state index in [-0.39, 0.29) is 12.4 Å². The second kappa shape index (κ2) is 4.80. The second-order valence-corrected chi connectivity index (χ2v) is 3.85. The fourth-order valence-electron chi connectivity index (χ4n) is 1.53. The molecule has 2 nitrogen and oxygen atoms in total. The topological polar surface area (TPSA) is 24.9 Å². The Balaban J connectivity index is 0.000000720. The molecule has 2 heterocycles. The van der Waals surface area contributed by atoms with Gasteiger partial charge in [0.05, 0.1) is 5.51 Å². The van der Waals surface area contributed by atoms with Gasteiger partial charge in [-0.3, -0.25) is 4.98 Å². The predicted octanol–water partition coefficient (Wildman–Crippen LogP) is 2.03. The van der Waals surface area contributed by atoms with Crippen molar-refractivity contribution in [1.82, 2.24) is 10.3 Å². The number of piperidine rings is 1. The SMILES string of the molecule is Cl.c1ncc(C2CCNCC2)s1. The monoisotopic (exact) mass is 204 g/mol. The van der Waals surface area contributed by atoms with E-state index in [2.05, 4.69) is 10.3 Å². The average molecular weight is 205 g/mol. The molecule has 0 unspecified atom stereocenters. The summed E-state index contributed by atoms with van der Waals surface area (Å²) in [6, 6.07) is 0. The minimum absolute atomic E-state index is 0. The highest BCUT2D eigenvalue weighted by molar-refractivity contribution is 7.09. The van der Waals surface area contributed by atoms with Gasteiger partial charge in [0.25, 0.3) is 0 Å². The largest absolute Gasteiger partial charge is 0.317 e. The molecule has 1 aromatic heterocycles. The molecule has 1 aromatic rings. The maximum atomic E-state index is 4.10. The Morgan fingerprint density at radius 2 is 2.17 bits per heavy atom. The van der Waals surface area contributed by atoms with Gasteiger partial charge in [0.2, 0.25) is 0 Å². The van der Waals surface area contributed by atoms with Crippen molar-refractivity contribution < 1.29 is 0 Å². The van der Waals surface area contributed by atoms with Crippen LogP contribution in [-0.4, -0.2) is 18.1 Å². The Labute approximate surface area is 82.8 Å². The lowest BCUT2D eigenvalue weighted by Gasteiger charge is -2.20. The average Bonchev–Trinajstić information content (AvgIpc) is 2.58. The number of hydrogen-bond acceptors (Lipinski definition) is 3. The Morgan fingerprint density at radius 3 is 2.75 bits per heavy atom. The molecular weight excluding hydrogens is 192 g/mol. The molecule has 1 fully saturated rings. The number of halogens is 1. The van der Waals surface area contributed by atoms with Crippen LogP contribution in [0.5, 0.6) is 0 Å². The van der Waals surface area contributed by atoms with Crippen molar-refractivity contribution >= 4 is 23.7 Å². The van der Waals surface area contributed by atoms with E-state index in [1.165, 1.54) is 30.8 Å². The van der Waals surface area contributed by atoms with Gasteiger partial charge in [-0.15, -0.1) is 23.7 Å². The summed E-state index contributed by atoms with van der Waals surface area (Å²) in [5.41, 5.74) is 1.93. The molecular formula is C8H13ClN2S. The van der Waals surface area contributed by atoms with Crippen molar-refractivity contribution in [3.63, 3.8) is 0 Å². The fourth-order valence-corrected chi connectivity index (χ4v) is 2.33. The lowest BCUT2D eigenvalue weighted by atomic mass is 9.97. The van der Waals surface area contributed by atoms with E-state index in [0.717, 1.165) is 5.92 Å². The normalized spacial score (nSPS) is 18.7. The maximum absolute atomic E-state index is 4.10. The molecule has 12 heavy (non-hydrogen) atoms. The van der Waals surface area contributed by atoms with Gasteiger partial charge >= 0.3 is 0 Å². The lowest BCUT2D eigenvalue weighted by molar-refractivity contribution is 0.465. The smallest absolute Gasteiger partial charge is 0.0794 e. The van der Waals surface area contributed by atoms with E-state index in [9.17, 15) is 0 Å². The van der Waals surface area contributed by atoms with Crippen LogP contribution in [0.25, 0.3) is 0 Å². The van der Waals surface area contributed by atoms with Crippen LogP contribution in [0, 0.1) is 0 Å². The zero-order valence-electron chi connectivity index (χ0n) is 6.82. The minimum Gasteiger partial charge on any atom is -0.317 e. The summed E-state index contributed by atoms with van der Waals surface area (Å²) in [5, 5.41) is 3.36. The van der Waals surface area contributed by atoms with Gasteiger partial charge in [-0.05, 0) is 31.8 Å². The molecule has 0 atom stereocenters. The number of aromatic nitrogens is 1. The zero-order valence-corrected chi connectivity index (χ0v) is 8.46. The Morgan fingerprint density at radius 1 is 1.42 bits per heavy atom. The highest BCUT2D eigenvalue weighted by Gasteiger charge is 2.15. The van der Waals surface area contributed by atoms with Crippen molar-refractivity contribution in [1.29, 1.82) is 0 Å². The van der Waals surface area contributed by atoms with E-state index in [0.29, 0.717) is 0 Å². The Kier molecular flexibility index (Phi) is 3.98. The first-order chi connectivity index (χ1) is 5.47. The summed E-state index contributed by atoms with van der Waals surface area (Å²) in [6.07, 6.45) is 4.57. The van der Waals surface area contributed by atoms with E-state index < -0.39 is 0 Å². The first kappa shape index (κ1) is 9.96. The number of nitrogens with one attached hydrogen (secondary N) is 1. The van der Waals surface area contributed by atoms with Crippen LogP contribution in [0.3, 0.4) is 0 Å². The molecule has 0 aromatic carbocycles. The molecule has 2 rings (SSSR count). The second-order valence-electron chi connectivity index (χ2n) is 2.93. The standard InChI is InChI=1S/C8H12N2S.ClH/c1-3-9-4-2-7(1)8-5-10-6-11-8;/h5-7,9H,1-4H2;1H. The van der Waals surface area contributed by atoms with Crippen LogP contribution in [0.15, 0.2) is 11.7 Å². The number of hydrogen-bond donors (Lipinski definition) is 1. The molecule has 1 aliphatic rings. The van der Waals surface area contributed by atoms with Gasteiger partial charge in [-0.2, -0.15) is 0 Å².